The first-order valence-corrected chi connectivity index (χ1v) is 10.3. The van der Waals surface area contributed by atoms with Crippen molar-refractivity contribution in [2.75, 3.05) is 0 Å². The van der Waals surface area contributed by atoms with E-state index in [1.807, 2.05) is 0 Å². The number of aromatic nitrogens is 1. The van der Waals surface area contributed by atoms with E-state index in [4.69, 9.17) is 14.0 Å². The van der Waals surface area contributed by atoms with Crippen molar-refractivity contribution in [2.45, 2.75) is 46.4 Å². The van der Waals surface area contributed by atoms with E-state index in [-0.39, 0.29) is 35.5 Å². The smallest absolute Gasteiger partial charge is 0.395 e. The summed E-state index contributed by atoms with van der Waals surface area (Å²) in [5, 5.41) is 9.97. The van der Waals surface area contributed by atoms with Crippen LogP contribution in [-0.2, 0) is 16.1 Å². The highest BCUT2D eigenvalue weighted by atomic mass is 31.1. The number of esters is 1. The number of hydrogen-bond acceptors (Lipinski definition) is 9. The Morgan fingerprint density at radius 3 is 2.60 bits per heavy atom. The number of hydrogen-bond donors (Lipinski definition) is 1. The molecule has 1 unspecified atom stereocenters. The van der Waals surface area contributed by atoms with Gasteiger partial charge in [-0.2, -0.15) is 0 Å². The van der Waals surface area contributed by atoms with E-state index < -0.39 is 20.2 Å². The minimum atomic E-state index is -2.57. The number of carbonyl (C=O) groups excluding carboxylic acids is 2. The van der Waals surface area contributed by atoms with Gasteiger partial charge in [-0.1, -0.05) is 16.9 Å². The van der Waals surface area contributed by atoms with E-state index in [2.05, 4.69) is 9.73 Å². The molecule has 0 fully saturated rings. The maximum absolute atomic E-state index is 12.2. The van der Waals surface area contributed by atoms with Gasteiger partial charge in [-0.3, -0.25) is 14.3 Å². The number of rotatable bonds is 9. The Bertz CT molecular complexity index is 947. The van der Waals surface area contributed by atoms with Gasteiger partial charge in [-0.05, 0) is 39.8 Å². The second-order valence-electron chi connectivity index (χ2n) is 6.59. The molecule has 2 aromatic rings. The molecule has 1 heterocycles. The second kappa shape index (κ2) is 10.7. The molecule has 0 aliphatic carbocycles. The standard InChI is InChI=1S/C20H23N2O7P/c1-12(2)28-20(25)14(4)22-30(26)29-18-8-6-5-7-17(18)27-11-15-9-21-13(3)19(24)16(15)10-23/h5-10,12,14,24H,11H2,1-4H3/t14-/m0/s1. The van der Waals surface area contributed by atoms with Crippen LogP contribution in [0.3, 0.4) is 0 Å². The Kier molecular flexibility index (Phi) is 8.26. The largest absolute Gasteiger partial charge is 0.575 e. The molecular weight excluding hydrogens is 411 g/mol. The van der Waals surface area contributed by atoms with Crippen molar-refractivity contribution in [3.05, 3.63) is 47.3 Å². The lowest BCUT2D eigenvalue weighted by atomic mass is 10.1. The predicted molar refractivity (Wildman–Crippen MR) is 107 cm³/mol. The Labute approximate surface area is 175 Å². The molecule has 0 bridgehead atoms. The molecule has 0 saturated carbocycles. The summed E-state index contributed by atoms with van der Waals surface area (Å²) >= 11 is 0. The number of aldehydes is 1. The van der Waals surface area contributed by atoms with Crippen molar-refractivity contribution in [3.8, 4) is 17.2 Å². The van der Waals surface area contributed by atoms with Crippen molar-refractivity contribution in [1.29, 1.82) is 0 Å². The number of aromatic hydroxyl groups is 1. The van der Waals surface area contributed by atoms with Gasteiger partial charge in [0.15, 0.2) is 18.1 Å². The fourth-order valence-corrected chi connectivity index (χ4v) is 3.07. The van der Waals surface area contributed by atoms with Crippen molar-refractivity contribution < 1.29 is 33.6 Å². The van der Waals surface area contributed by atoms with Crippen molar-refractivity contribution >= 4 is 20.4 Å². The Balaban J connectivity index is 2.13. The topological polar surface area (TPSA) is 130 Å². The molecule has 0 amide bonds. The van der Waals surface area contributed by atoms with Gasteiger partial charge in [-0.25, -0.2) is 4.79 Å². The maximum Gasteiger partial charge on any atom is 0.395 e. The average Bonchev–Trinajstić information content (AvgIpc) is 2.69. The predicted octanol–water partition coefficient (Wildman–Crippen LogP) is 3.06. The van der Waals surface area contributed by atoms with Crippen LogP contribution < -0.4 is 14.2 Å². The fourth-order valence-electron chi connectivity index (χ4n) is 2.33. The summed E-state index contributed by atoms with van der Waals surface area (Å²) in [5.74, 6) is -0.427. The molecular formula is C20H23N2O7P. The van der Waals surface area contributed by atoms with E-state index >= 15 is 0 Å². The normalized spacial score (nSPS) is 12.4. The quantitative estimate of drug-likeness (QED) is 0.362. The lowest BCUT2D eigenvalue weighted by molar-refractivity contribution is -0.170. The SMILES string of the molecule is Cc1ncc(COc2ccccc2O[P+]([O-])=N[C@@H](C)C(=O)OC(C)C)c(C=O)c1O. The van der Waals surface area contributed by atoms with Crippen LogP contribution >= 0.6 is 8.17 Å². The van der Waals surface area contributed by atoms with Gasteiger partial charge in [0.2, 0.25) is 5.75 Å². The lowest BCUT2D eigenvalue weighted by Crippen LogP contribution is -2.21. The van der Waals surface area contributed by atoms with Gasteiger partial charge in [0.25, 0.3) is 0 Å². The zero-order chi connectivity index (χ0) is 22.3. The third-order valence-corrected chi connectivity index (χ3v) is 4.73. The third kappa shape index (κ3) is 6.23. The van der Waals surface area contributed by atoms with Crippen LogP contribution in [0.15, 0.2) is 35.2 Å². The van der Waals surface area contributed by atoms with E-state index in [0.717, 1.165) is 0 Å². The zero-order valence-corrected chi connectivity index (χ0v) is 18.0. The number of para-hydroxylation sites is 2. The number of ether oxygens (including phenoxy) is 2. The van der Waals surface area contributed by atoms with Crippen LogP contribution in [0.1, 0.15) is 42.4 Å². The number of aryl methyl sites for hydroxylation is 1. The van der Waals surface area contributed by atoms with Crippen LogP contribution in [0.4, 0.5) is 0 Å². The molecule has 2 atom stereocenters. The summed E-state index contributed by atoms with van der Waals surface area (Å²) in [7, 11) is -2.57. The molecule has 0 spiro atoms. The van der Waals surface area contributed by atoms with Gasteiger partial charge in [0.1, 0.15) is 12.4 Å². The van der Waals surface area contributed by atoms with E-state index in [0.29, 0.717) is 17.5 Å². The maximum atomic E-state index is 12.2. The van der Waals surface area contributed by atoms with Crippen molar-refractivity contribution in [1.82, 2.24) is 4.98 Å². The molecule has 160 valence electrons. The van der Waals surface area contributed by atoms with E-state index in [1.165, 1.54) is 19.2 Å². The fraction of sp³-hybridized carbons (Fsp3) is 0.350. The first-order valence-electron chi connectivity index (χ1n) is 9.13. The van der Waals surface area contributed by atoms with E-state index in [1.54, 1.807) is 39.0 Å². The highest BCUT2D eigenvalue weighted by molar-refractivity contribution is 7.34. The molecule has 0 radical (unpaired) electrons. The van der Waals surface area contributed by atoms with Crippen LogP contribution in [0.25, 0.3) is 0 Å². The summed E-state index contributed by atoms with van der Waals surface area (Å²) in [6, 6.07) is 5.48. The van der Waals surface area contributed by atoms with Gasteiger partial charge in [0, 0.05) is 11.8 Å². The summed E-state index contributed by atoms with van der Waals surface area (Å²) < 4.78 is 19.8. The summed E-state index contributed by atoms with van der Waals surface area (Å²) in [6.45, 7) is 6.36. The number of carbonyl (C=O) groups is 2. The van der Waals surface area contributed by atoms with Gasteiger partial charge >= 0.3 is 14.1 Å². The van der Waals surface area contributed by atoms with Gasteiger partial charge < -0.3 is 19.5 Å². The highest BCUT2D eigenvalue weighted by Gasteiger charge is 2.21. The van der Waals surface area contributed by atoms with Crippen molar-refractivity contribution in [2.24, 2.45) is 4.74 Å². The molecule has 30 heavy (non-hydrogen) atoms. The number of nitrogens with zero attached hydrogens (tertiary/aromatic N) is 2. The molecule has 2 rings (SSSR count). The number of pyridine rings is 1. The second-order valence-corrected chi connectivity index (χ2v) is 7.48. The molecule has 1 aromatic carbocycles. The molecule has 0 aliphatic heterocycles. The Morgan fingerprint density at radius 1 is 1.30 bits per heavy atom. The molecule has 10 heteroatoms. The average molecular weight is 434 g/mol. The molecule has 0 saturated heterocycles. The molecule has 0 aliphatic rings. The Morgan fingerprint density at radius 2 is 1.97 bits per heavy atom. The molecule has 1 N–H and O–H groups in total. The minimum Gasteiger partial charge on any atom is -0.575 e. The van der Waals surface area contributed by atoms with Crippen LogP contribution in [0.2, 0.25) is 0 Å². The first-order chi connectivity index (χ1) is 14.2. The van der Waals surface area contributed by atoms with Gasteiger partial charge in [0.05, 0.1) is 17.4 Å². The highest BCUT2D eigenvalue weighted by Crippen LogP contribution is 2.34. The van der Waals surface area contributed by atoms with Crippen LogP contribution in [-0.4, -0.2) is 34.5 Å². The molecule has 1 aromatic heterocycles. The minimum absolute atomic E-state index is 0.0828. The Hall–Kier alpha value is -3.03. The van der Waals surface area contributed by atoms with Crippen LogP contribution in [0, 0.1) is 6.92 Å². The van der Waals surface area contributed by atoms with Gasteiger partial charge in [-0.15, -0.1) is 0 Å². The monoisotopic (exact) mass is 434 g/mol. The summed E-state index contributed by atoms with van der Waals surface area (Å²) in [4.78, 5) is 39.3. The number of benzene rings is 1. The van der Waals surface area contributed by atoms with Crippen LogP contribution in [0.5, 0.6) is 17.2 Å². The third-order valence-electron chi connectivity index (χ3n) is 3.84. The lowest BCUT2D eigenvalue weighted by Gasteiger charge is -2.12. The first kappa shape index (κ1) is 23.3. The summed E-state index contributed by atoms with van der Waals surface area (Å²) in [6.07, 6.45) is 1.65. The molecule has 9 nitrogen and oxygen atoms in total. The summed E-state index contributed by atoms with van der Waals surface area (Å²) in [5.41, 5.74) is 0.787. The van der Waals surface area contributed by atoms with E-state index in [9.17, 15) is 19.6 Å². The van der Waals surface area contributed by atoms with Crippen molar-refractivity contribution in [3.63, 3.8) is 0 Å². The zero-order valence-electron chi connectivity index (χ0n) is 17.1.